The van der Waals surface area contributed by atoms with Crippen LogP contribution in [-0.4, -0.2) is 46.3 Å². The van der Waals surface area contributed by atoms with Crippen molar-refractivity contribution in [1.29, 1.82) is 0 Å². The molecule has 156 valence electrons. The minimum atomic E-state index is -1.39. The van der Waals surface area contributed by atoms with E-state index in [9.17, 15) is 9.90 Å². The quantitative estimate of drug-likeness (QED) is 0.652. The Kier molecular flexibility index (Phi) is 6.17. The summed E-state index contributed by atoms with van der Waals surface area (Å²) in [4.78, 5) is 21.0. The van der Waals surface area contributed by atoms with E-state index in [0.717, 1.165) is 11.3 Å². The van der Waals surface area contributed by atoms with Crippen LogP contribution < -0.4 is 5.32 Å². The van der Waals surface area contributed by atoms with Crippen molar-refractivity contribution < 1.29 is 19.0 Å². The minimum absolute atomic E-state index is 0.121. The number of aliphatic hydroxyl groups is 1. The Labute approximate surface area is 177 Å². The van der Waals surface area contributed by atoms with Crippen molar-refractivity contribution in [3.05, 3.63) is 69.8 Å². The molecule has 1 saturated heterocycles. The standard InChI is InChI=1S/C22H22FN3O3S/c1-13-9-24-18(22(28)26-17-6-7-29-10-20(17)27)8-16(13)21(23)15-4-2-14(3-5-15)19-11-30-12-25-19/h2-5,8-9,11-12,17,20-21,27H,6-7,10H2,1H3,(H,26,28)/t17-,20-,21?/m0/s1. The molecule has 3 heterocycles. The molecule has 2 N–H and O–H groups in total. The maximum absolute atomic E-state index is 15.3. The number of hydrogen-bond acceptors (Lipinski definition) is 6. The summed E-state index contributed by atoms with van der Waals surface area (Å²) in [6.07, 6.45) is -0.140. The number of pyridine rings is 1. The van der Waals surface area contributed by atoms with Gasteiger partial charge in [0.1, 0.15) is 5.69 Å². The summed E-state index contributed by atoms with van der Waals surface area (Å²) in [6.45, 7) is 2.42. The van der Waals surface area contributed by atoms with E-state index in [1.165, 1.54) is 23.6 Å². The highest BCUT2D eigenvalue weighted by molar-refractivity contribution is 7.07. The van der Waals surface area contributed by atoms with E-state index in [1.54, 1.807) is 24.6 Å². The number of alkyl halides is 1. The Morgan fingerprint density at radius 1 is 1.33 bits per heavy atom. The zero-order valence-electron chi connectivity index (χ0n) is 16.4. The van der Waals surface area contributed by atoms with Gasteiger partial charge >= 0.3 is 0 Å². The van der Waals surface area contributed by atoms with E-state index in [1.807, 2.05) is 17.5 Å². The van der Waals surface area contributed by atoms with Gasteiger partial charge in [-0.1, -0.05) is 24.3 Å². The molecule has 4 rings (SSSR count). The molecule has 6 nitrogen and oxygen atoms in total. The van der Waals surface area contributed by atoms with Crippen LogP contribution in [0.3, 0.4) is 0 Å². The van der Waals surface area contributed by atoms with Gasteiger partial charge in [0.2, 0.25) is 0 Å². The van der Waals surface area contributed by atoms with Gasteiger partial charge in [0, 0.05) is 23.7 Å². The van der Waals surface area contributed by atoms with E-state index in [0.29, 0.717) is 29.7 Å². The molecular weight excluding hydrogens is 405 g/mol. The second kappa shape index (κ2) is 8.99. The van der Waals surface area contributed by atoms with Crippen molar-refractivity contribution >= 4 is 17.2 Å². The molecule has 3 atom stereocenters. The van der Waals surface area contributed by atoms with E-state index >= 15 is 4.39 Å². The summed E-state index contributed by atoms with van der Waals surface area (Å²) in [5.74, 6) is -0.437. The lowest BCUT2D eigenvalue weighted by atomic mass is 9.97. The van der Waals surface area contributed by atoms with Gasteiger partial charge in [-0.3, -0.25) is 9.78 Å². The number of carbonyl (C=O) groups excluding carboxylic acids is 1. The summed E-state index contributed by atoms with van der Waals surface area (Å²) >= 11 is 1.51. The number of carbonyl (C=O) groups is 1. The molecule has 0 saturated carbocycles. The maximum atomic E-state index is 15.3. The average molecular weight is 428 g/mol. The van der Waals surface area contributed by atoms with Crippen LogP contribution in [0.25, 0.3) is 11.3 Å². The number of thiazole rings is 1. The van der Waals surface area contributed by atoms with Crippen molar-refractivity contribution in [3.8, 4) is 11.3 Å². The number of aryl methyl sites for hydroxylation is 1. The molecule has 0 aliphatic carbocycles. The van der Waals surface area contributed by atoms with E-state index < -0.39 is 24.2 Å². The lowest BCUT2D eigenvalue weighted by molar-refractivity contribution is -0.0261. The number of halogens is 1. The Balaban J connectivity index is 1.53. The lowest BCUT2D eigenvalue weighted by Gasteiger charge is -2.28. The van der Waals surface area contributed by atoms with Crippen molar-refractivity contribution in [2.75, 3.05) is 13.2 Å². The number of amides is 1. The van der Waals surface area contributed by atoms with E-state index in [-0.39, 0.29) is 12.3 Å². The van der Waals surface area contributed by atoms with Crippen LogP contribution in [0.2, 0.25) is 0 Å². The number of rotatable bonds is 5. The van der Waals surface area contributed by atoms with Crippen LogP contribution in [-0.2, 0) is 4.74 Å². The molecule has 0 radical (unpaired) electrons. The summed E-state index contributed by atoms with van der Waals surface area (Å²) in [7, 11) is 0. The molecule has 0 bridgehead atoms. The summed E-state index contributed by atoms with van der Waals surface area (Å²) < 4.78 is 20.5. The average Bonchev–Trinajstić information content (AvgIpc) is 3.30. The van der Waals surface area contributed by atoms with E-state index in [4.69, 9.17) is 4.74 Å². The fourth-order valence-corrected chi connectivity index (χ4v) is 3.99. The summed E-state index contributed by atoms with van der Waals surface area (Å²) in [6, 6.07) is 8.22. The Bertz CT molecular complexity index is 1010. The van der Waals surface area contributed by atoms with Crippen molar-refractivity contribution in [2.24, 2.45) is 0 Å². The first-order valence-corrected chi connectivity index (χ1v) is 10.6. The molecule has 30 heavy (non-hydrogen) atoms. The van der Waals surface area contributed by atoms with Gasteiger partial charge in [0.25, 0.3) is 5.91 Å². The van der Waals surface area contributed by atoms with Crippen LogP contribution in [0.1, 0.15) is 39.8 Å². The largest absolute Gasteiger partial charge is 0.389 e. The predicted molar refractivity (Wildman–Crippen MR) is 112 cm³/mol. The first-order valence-electron chi connectivity index (χ1n) is 9.68. The normalized spacial score (nSPS) is 20.0. The number of aromatic nitrogens is 2. The molecule has 1 aliphatic heterocycles. The monoisotopic (exact) mass is 427 g/mol. The summed E-state index contributed by atoms with van der Waals surface area (Å²) in [5.41, 5.74) is 5.21. The van der Waals surface area contributed by atoms with Gasteiger partial charge in [-0.25, -0.2) is 9.37 Å². The Hall–Kier alpha value is -2.68. The number of nitrogens with zero attached hydrogens (tertiary/aromatic N) is 2. The van der Waals surface area contributed by atoms with E-state index in [2.05, 4.69) is 15.3 Å². The molecule has 1 amide bonds. The highest BCUT2D eigenvalue weighted by Gasteiger charge is 2.26. The van der Waals surface area contributed by atoms with Gasteiger partial charge in [-0.2, -0.15) is 0 Å². The lowest BCUT2D eigenvalue weighted by Crippen LogP contribution is -2.48. The third kappa shape index (κ3) is 4.40. The first-order chi connectivity index (χ1) is 14.5. The number of aliphatic hydroxyl groups excluding tert-OH is 1. The third-order valence-corrected chi connectivity index (χ3v) is 5.81. The predicted octanol–water partition coefficient (Wildman–Crippen LogP) is 3.45. The second-order valence-electron chi connectivity index (χ2n) is 7.30. The number of nitrogens with one attached hydrogen (secondary N) is 1. The van der Waals surface area contributed by atoms with Crippen molar-refractivity contribution in [2.45, 2.75) is 31.7 Å². The molecule has 2 aromatic heterocycles. The fourth-order valence-electron chi connectivity index (χ4n) is 3.43. The molecule has 1 aliphatic rings. The van der Waals surface area contributed by atoms with Gasteiger partial charge < -0.3 is 15.2 Å². The van der Waals surface area contributed by atoms with Gasteiger partial charge in [-0.05, 0) is 36.1 Å². The second-order valence-corrected chi connectivity index (χ2v) is 8.01. The van der Waals surface area contributed by atoms with Crippen molar-refractivity contribution in [3.63, 3.8) is 0 Å². The van der Waals surface area contributed by atoms with Crippen LogP contribution in [0.4, 0.5) is 4.39 Å². The maximum Gasteiger partial charge on any atom is 0.270 e. The smallest absolute Gasteiger partial charge is 0.270 e. The molecule has 0 spiro atoms. The number of hydrogen-bond donors (Lipinski definition) is 2. The van der Waals surface area contributed by atoms with Gasteiger partial charge in [-0.15, -0.1) is 11.3 Å². The van der Waals surface area contributed by atoms with Crippen LogP contribution in [0.5, 0.6) is 0 Å². The highest BCUT2D eigenvalue weighted by Crippen LogP contribution is 2.30. The molecule has 1 unspecified atom stereocenters. The molecule has 1 aromatic carbocycles. The molecule has 3 aromatic rings. The fraction of sp³-hybridized carbons (Fsp3) is 0.318. The zero-order chi connectivity index (χ0) is 21.1. The number of benzene rings is 1. The number of ether oxygens (including phenoxy) is 1. The third-order valence-electron chi connectivity index (χ3n) is 5.22. The Morgan fingerprint density at radius 3 is 2.83 bits per heavy atom. The minimum Gasteiger partial charge on any atom is -0.389 e. The highest BCUT2D eigenvalue weighted by atomic mass is 32.1. The topological polar surface area (TPSA) is 84.3 Å². The van der Waals surface area contributed by atoms with Gasteiger partial charge in [0.05, 0.1) is 30.0 Å². The first kappa shape index (κ1) is 20.6. The summed E-state index contributed by atoms with van der Waals surface area (Å²) in [5, 5.41) is 14.7. The Morgan fingerprint density at radius 2 is 2.13 bits per heavy atom. The molecule has 1 fully saturated rings. The van der Waals surface area contributed by atoms with Crippen molar-refractivity contribution in [1.82, 2.24) is 15.3 Å². The van der Waals surface area contributed by atoms with Crippen LogP contribution in [0, 0.1) is 6.92 Å². The zero-order valence-corrected chi connectivity index (χ0v) is 17.2. The van der Waals surface area contributed by atoms with Crippen LogP contribution >= 0.6 is 11.3 Å². The SMILES string of the molecule is Cc1cnc(C(=O)N[C@H]2CCOC[C@@H]2O)cc1C(F)c1ccc(-c2cscn2)cc1. The van der Waals surface area contributed by atoms with Crippen LogP contribution in [0.15, 0.2) is 47.4 Å². The van der Waals surface area contributed by atoms with Gasteiger partial charge in [0.15, 0.2) is 6.17 Å². The molecule has 8 heteroatoms. The molecular formula is C22H22FN3O3S.